The SMILES string of the molecule is CCC(NC(=O)c1ccc(N)cc1OC)c1cccs1. The van der Waals surface area contributed by atoms with Crippen LogP contribution in [0.25, 0.3) is 0 Å². The highest BCUT2D eigenvalue weighted by atomic mass is 32.1. The van der Waals surface area contributed by atoms with Gasteiger partial charge in [-0.15, -0.1) is 11.3 Å². The van der Waals surface area contributed by atoms with Crippen LogP contribution in [0.3, 0.4) is 0 Å². The fourth-order valence-electron chi connectivity index (χ4n) is 2.00. The van der Waals surface area contributed by atoms with Crippen LogP contribution in [-0.2, 0) is 0 Å². The van der Waals surface area contributed by atoms with E-state index in [1.165, 1.54) is 7.11 Å². The Morgan fingerprint density at radius 2 is 2.25 bits per heavy atom. The smallest absolute Gasteiger partial charge is 0.255 e. The molecule has 0 aliphatic heterocycles. The van der Waals surface area contributed by atoms with Crippen molar-refractivity contribution in [2.24, 2.45) is 0 Å². The van der Waals surface area contributed by atoms with Crippen molar-refractivity contribution in [3.05, 3.63) is 46.2 Å². The van der Waals surface area contributed by atoms with E-state index in [1.54, 1.807) is 29.5 Å². The van der Waals surface area contributed by atoms with E-state index in [9.17, 15) is 4.79 Å². The molecular formula is C15H18N2O2S. The largest absolute Gasteiger partial charge is 0.496 e. The highest BCUT2D eigenvalue weighted by molar-refractivity contribution is 7.10. The molecule has 2 aromatic rings. The number of nitrogens with one attached hydrogen (secondary N) is 1. The van der Waals surface area contributed by atoms with Crippen LogP contribution in [0.5, 0.6) is 5.75 Å². The van der Waals surface area contributed by atoms with E-state index in [0.717, 1.165) is 11.3 Å². The second kappa shape index (κ2) is 6.43. The number of nitrogens with two attached hydrogens (primary N) is 1. The Kier molecular flexibility index (Phi) is 4.63. The number of nitrogen functional groups attached to an aromatic ring is 1. The van der Waals surface area contributed by atoms with E-state index >= 15 is 0 Å². The van der Waals surface area contributed by atoms with Crippen molar-refractivity contribution in [1.82, 2.24) is 5.32 Å². The Bertz CT molecular complexity index is 582. The molecule has 0 spiro atoms. The summed E-state index contributed by atoms with van der Waals surface area (Å²) in [5.74, 6) is 0.339. The van der Waals surface area contributed by atoms with E-state index in [1.807, 2.05) is 24.4 Å². The number of thiophene rings is 1. The molecule has 4 nitrogen and oxygen atoms in total. The van der Waals surface area contributed by atoms with Gasteiger partial charge < -0.3 is 15.8 Å². The molecule has 5 heteroatoms. The molecule has 106 valence electrons. The number of amides is 1. The van der Waals surface area contributed by atoms with Gasteiger partial charge in [-0.2, -0.15) is 0 Å². The van der Waals surface area contributed by atoms with Crippen LogP contribution in [0.2, 0.25) is 0 Å². The monoisotopic (exact) mass is 290 g/mol. The van der Waals surface area contributed by atoms with Crippen molar-refractivity contribution < 1.29 is 9.53 Å². The molecule has 2 rings (SSSR count). The predicted octanol–water partition coefficient (Wildman–Crippen LogP) is 3.22. The van der Waals surface area contributed by atoms with Gasteiger partial charge >= 0.3 is 0 Å². The molecule has 0 aliphatic carbocycles. The van der Waals surface area contributed by atoms with Crippen LogP contribution >= 0.6 is 11.3 Å². The summed E-state index contributed by atoms with van der Waals surface area (Å²) in [5, 5.41) is 5.04. The number of carbonyl (C=O) groups is 1. The van der Waals surface area contributed by atoms with Gasteiger partial charge in [0.25, 0.3) is 5.91 Å². The number of ether oxygens (including phenoxy) is 1. The number of hydrogen-bond acceptors (Lipinski definition) is 4. The molecule has 0 bridgehead atoms. The van der Waals surface area contributed by atoms with Crippen LogP contribution in [0.15, 0.2) is 35.7 Å². The molecule has 0 saturated carbocycles. The van der Waals surface area contributed by atoms with E-state index in [-0.39, 0.29) is 11.9 Å². The van der Waals surface area contributed by atoms with Gasteiger partial charge in [0.2, 0.25) is 0 Å². The first-order valence-electron chi connectivity index (χ1n) is 6.43. The number of rotatable bonds is 5. The third kappa shape index (κ3) is 3.11. The molecule has 20 heavy (non-hydrogen) atoms. The van der Waals surface area contributed by atoms with E-state index in [4.69, 9.17) is 10.5 Å². The van der Waals surface area contributed by atoms with Gasteiger partial charge in [-0.05, 0) is 30.0 Å². The van der Waals surface area contributed by atoms with Gasteiger partial charge in [0.1, 0.15) is 5.75 Å². The molecule has 0 aliphatic rings. The van der Waals surface area contributed by atoms with E-state index in [2.05, 4.69) is 5.32 Å². The highest BCUT2D eigenvalue weighted by Crippen LogP contribution is 2.25. The predicted molar refractivity (Wildman–Crippen MR) is 82.2 cm³/mol. The third-order valence-electron chi connectivity index (χ3n) is 3.07. The highest BCUT2D eigenvalue weighted by Gasteiger charge is 2.17. The summed E-state index contributed by atoms with van der Waals surface area (Å²) in [6, 6.07) is 9.07. The molecule has 1 unspecified atom stereocenters. The first-order chi connectivity index (χ1) is 9.65. The minimum atomic E-state index is -0.151. The number of hydrogen-bond donors (Lipinski definition) is 2. The molecule has 1 amide bonds. The third-order valence-corrected chi connectivity index (χ3v) is 4.06. The molecule has 1 atom stereocenters. The molecule has 1 heterocycles. The summed E-state index contributed by atoms with van der Waals surface area (Å²) >= 11 is 1.64. The van der Waals surface area contributed by atoms with Crippen molar-refractivity contribution in [3.63, 3.8) is 0 Å². The summed E-state index contributed by atoms with van der Waals surface area (Å²) in [6.45, 7) is 2.05. The van der Waals surface area contributed by atoms with Gasteiger partial charge in [-0.3, -0.25) is 4.79 Å². The molecular weight excluding hydrogens is 272 g/mol. The van der Waals surface area contributed by atoms with Crippen LogP contribution in [0.4, 0.5) is 5.69 Å². The minimum Gasteiger partial charge on any atom is -0.496 e. The zero-order valence-corrected chi connectivity index (χ0v) is 12.4. The van der Waals surface area contributed by atoms with Crippen molar-refractivity contribution in [3.8, 4) is 5.75 Å². The van der Waals surface area contributed by atoms with E-state index < -0.39 is 0 Å². The van der Waals surface area contributed by atoms with Crippen LogP contribution in [0, 0.1) is 0 Å². The molecule has 3 N–H and O–H groups in total. The minimum absolute atomic E-state index is 0.0183. The maximum Gasteiger partial charge on any atom is 0.255 e. The van der Waals surface area contributed by atoms with Crippen molar-refractivity contribution in [1.29, 1.82) is 0 Å². The number of carbonyl (C=O) groups excluding carboxylic acids is 1. The zero-order valence-electron chi connectivity index (χ0n) is 11.6. The Hall–Kier alpha value is -2.01. The summed E-state index contributed by atoms with van der Waals surface area (Å²) < 4.78 is 5.21. The average molecular weight is 290 g/mol. The fourth-order valence-corrected chi connectivity index (χ4v) is 2.86. The second-order valence-corrected chi connectivity index (χ2v) is 5.39. The Labute approximate surface area is 122 Å². The topological polar surface area (TPSA) is 64.4 Å². The van der Waals surface area contributed by atoms with E-state index in [0.29, 0.717) is 17.0 Å². The van der Waals surface area contributed by atoms with Crippen molar-refractivity contribution >= 4 is 22.9 Å². The fraction of sp³-hybridized carbons (Fsp3) is 0.267. The average Bonchev–Trinajstić information content (AvgIpc) is 2.98. The molecule has 1 aromatic carbocycles. The first-order valence-corrected chi connectivity index (χ1v) is 7.31. The van der Waals surface area contributed by atoms with Crippen LogP contribution in [-0.4, -0.2) is 13.0 Å². The van der Waals surface area contributed by atoms with Crippen LogP contribution < -0.4 is 15.8 Å². The van der Waals surface area contributed by atoms with Gasteiger partial charge in [-0.25, -0.2) is 0 Å². The summed E-state index contributed by atoms with van der Waals surface area (Å²) in [7, 11) is 1.53. The first kappa shape index (κ1) is 14.4. The van der Waals surface area contributed by atoms with Gasteiger partial charge in [0, 0.05) is 16.6 Å². The lowest BCUT2D eigenvalue weighted by molar-refractivity contribution is 0.0933. The second-order valence-electron chi connectivity index (χ2n) is 4.41. The van der Waals surface area contributed by atoms with Gasteiger partial charge in [0.05, 0.1) is 18.7 Å². The quantitative estimate of drug-likeness (QED) is 0.831. The normalized spacial score (nSPS) is 11.9. The van der Waals surface area contributed by atoms with Crippen LogP contribution in [0.1, 0.15) is 34.6 Å². The summed E-state index contributed by atoms with van der Waals surface area (Å²) in [4.78, 5) is 13.5. The molecule has 0 radical (unpaired) electrons. The lowest BCUT2D eigenvalue weighted by Crippen LogP contribution is -2.28. The van der Waals surface area contributed by atoms with Crippen molar-refractivity contribution in [2.45, 2.75) is 19.4 Å². The molecule has 1 aromatic heterocycles. The standard InChI is InChI=1S/C15H18N2O2S/c1-3-12(14-5-4-8-20-14)17-15(18)11-7-6-10(16)9-13(11)19-2/h4-9,12H,3,16H2,1-2H3,(H,17,18). The molecule has 0 saturated heterocycles. The molecule has 0 fully saturated rings. The lowest BCUT2D eigenvalue weighted by Gasteiger charge is -2.17. The van der Waals surface area contributed by atoms with Crippen molar-refractivity contribution in [2.75, 3.05) is 12.8 Å². The Morgan fingerprint density at radius 3 is 2.85 bits per heavy atom. The Morgan fingerprint density at radius 1 is 1.45 bits per heavy atom. The Balaban J connectivity index is 2.19. The maximum atomic E-state index is 12.4. The number of benzene rings is 1. The summed E-state index contributed by atoms with van der Waals surface area (Å²) in [5.41, 5.74) is 6.77. The van der Waals surface area contributed by atoms with Gasteiger partial charge in [0.15, 0.2) is 0 Å². The number of anilines is 1. The van der Waals surface area contributed by atoms with Gasteiger partial charge in [-0.1, -0.05) is 13.0 Å². The maximum absolute atomic E-state index is 12.4. The number of methoxy groups -OCH3 is 1. The lowest BCUT2D eigenvalue weighted by atomic mass is 10.1. The zero-order chi connectivity index (χ0) is 14.5. The summed E-state index contributed by atoms with van der Waals surface area (Å²) in [6.07, 6.45) is 0.837.